The largest absolute Gasteiger partial charge is 0.0843 e. The van der Waals surface area contributed by atoms with E-state index in [2.05, 4.69) is 43.0 Å². The Hall–Kier alpha value is -1.71. The summed E-state index contributed by atoms with van der Waals surface area (Å²) >= 11 is 5.85. The van der Waals surface area contributed by atoms with E-state index in [0.29, 0.717) is 0 Å². The summed E-state index contributed by atoms with van der Waals surface area (Å²) < 4.78 is 0. The van der Waals surface area contributed by atoms with E-state index in [9.17, 15) is 0 Å². The van der Waals surface area contributed by atoms with Crippen molar-refractivity contribution in [2.75, 3.05) is 0 Å². The molecule has 19 heavy (non-hydrogen) atoms. The van der Waals surface area contributed by atoms with Crippen LogP contribution in [-0.2, 0) is 6.42 Å². The van der Waals surface area contributed by atoms with Gasteiger partial charge in [0.25, 0.3) is 0 Å². The van der Waals surface area contributed by atoms with Gasteiger partial charge in [0.1, 0.15) is 0 Å². The molecule has 0 radical (unpaired) electrons. The smallest absolute Gasteiger partial charge is 0.0406 e. The van der Waals surface area contributed by atoms with Gasteiger partial charge in [0, 0.05) is 16.1 Å². The Morgan fingerprint density at radius 1 is 0.947 bits per heavy atom. The maximum Gasteiger partial charge on any atom is 0.0406 e. The topological polar surface area (TPSA) is 0 Å². The molecule has 0 fully saturated rings. The third-order valence-corrected chi connectivity index (χ3v) is 3.19. The second kappa shape index (κ2) is 7.02. The lowest BCUT2D eigenvalue weighted by Crippen LogP contribution is -1.85. The first-order valence-corrected chi connectivity index (χ1v) is 7.02. The molecule has 0 atom stereocenters. The molecule has 0 heterocycles. The molecular formula is C18H17Cl. The zero-order valence-electron chi connectivity index (χ0n) is 11.1. The number of rotatable bonds is 3. The quantitative estimate of drug-likeness (QED) is 0.681. The Morgan fingerprint density at radius 3 is 2.42 bits per heavy atom. The molecule has 0 N–H and O–H groups in total. The van der Waals surface area contributed by atoms with Crippen molar-refractivity contribution in [1.29, 1.82) is 0 Å². The van der Waals surface area contributed by atoms with E-state index < -0.39 is 0 Å². The van der Waals surface area contributed by atoms with E-state index in [0.717, 1.165) is 22.6 Å². The highest BCUT2D eigenvalue weighted by molar-refractivity contribution is 6.30. The van der Waals surface area contributed by atoms with Crippen molar-refractivity contribution in [3.8, 4) is 11.8 Å². The molecule has 0 aromatic heterocycles. The fourth-order valence-corrected chi connectivity index (χ4v) is 1.99. The Bertz CT molecular complexity index is 585. The van der Waals surface area contributed by atoms with Gasteiger partial charge < -0.3 is 0 Å². The number of hydrogen-bond acceptors (Lipinski definition) is 0. The number of halogens is 1. The molecule has 0 bridgehead atoms. The van der Waals surface area contributed by atoms with E-state index in [1.54, 1.807) is 0 Å². The standard InChI is InChI=1S/C18H17Cl/c1-2-3-5-16-6-4-7-17(14-16)9-8-15-10-12-18(19)13-11-15/h4,6-7,10-14H,2-3,5H2,1H3. The van der Waals surface area contributed by atoms with Crippen molar-refractivity contribution in [3.05, 3.63) is 70.2 Å². The van der Waals surface area contributed by atoms with E-state index >= 15 is 0 Å². The summed E-state index contributed by atoms with van der Waals surface area (Å²) in [5.41, 5.74) is 3.43. The van der Waals surface area contributed by atoms with Gasteiger partial charge in [-0.3, -0.25) is 0 Å². The van der Waals surface area contributed by atoms with Gasteiger partial charge in [0.05, 0.1) is 0 Å². The third kappa shape index (κ3) is 4.47. The van der Waals surface area contributed by atoms with Crippen molar-refractivity contribution < 1.29 is 0 Å². The third-order valence-electron chi connectivity index (χ3n) is 2.94. The summed E-state index contributed by atoms with van der Waals surface area (Å²) in [7, 11) is 0. The lowest BCUT2D eigenvalue weighted by atomic mass is 10.1. The summed E-state index contributed by atoms with van der Waals surface area (Å²) in [6, 6.07) is 16.1. The lowest BCUT2D eigenvalue weighted by molar-refractivity contribution is 0.795. The fraction of sp³-hybridized carbons (Fsp3) is 0.222. The molecule has 2 aromatic carbocycles. The Morgan fingerprint density at radius 2 is 1.68 bits per heavy atom. The molecule has 0 aliphatic heterocycles. The maximum absolute atomic E-state index is 5.85. The SMILES string of the molecule is CCCCc1cccc(C#Cc2ccc(Cl)cc2)c1. The monoisotopic (exact) mass is 268 g/mol. The highest BCUT2D eigenvalue weighted by Crippen LogP contribution is 2.10. The van der Waals surface area contributed by atoms with Crippen LogP contribution in [0.1, 0.15) is 36.5 Å². The van der Waals surface area contributed by atoms with Crippen LogP contribution < -0.4 is 0 Å². The molecule has 0 saturated carbocycles. The van der Waals surface area contributed by atoms with Gasteiger partial charge >= 0.3 is 0 Å². The Balaban J connectivity index is 2.13. The molecule has 0 amide bonds. The minimum absolute atomic E-state index is 0.743. The number of benzene rings is 2. The van der Waals surface area contributed by atoms with Gasteiger partial charge in [-0.1, -0.05) is 48.9 Å². The second-order valence-electron chi connectivity index (χ2n) is 4.56. The summed E-state index contributed by atoms with van der Waals surface area (Å²) in [6.07, 6.45) is 3.59. The average Bonchev–Trinajstić information content (AvgIpc) is 2.45. The van der Waals surface area contributed by atoms with Crippen LogP contribution >= 0.6 is 11.6 Å². The second-order valence-corrected chi connectivity index (χ2v) is 5.00. The van der Waals surface area contributed by atoms with Crippen LogP contribution in [0.4, 0.5) is 0 Å². The predicted molar refractivity (Wildman–Crippen MR) is 82.5 cm³/mol. The van der Waals surface area contributed by atoms with E-state index in [4.69, 9.17) is 11.6 Å². The molecule has 96 valence electrons. The summed E-state index contributed by atoms with van der Waals surface area (Å²) in [5.74, 6) is 6.37. The van der Waals surface area contributed by atoms with Gasteiger partial charge in [0.15, 0.2) is 0 Å². The molecular weight excluding hydrogens is 252 g/mol. The molecule has 0 aliphatic rings. The number of hydrogen-bond donors (Lipinski definition) is 0. The fourth-order valence-electron chi connectivity index (χ4n) is 1.86. The van der Waals surface area contributed by atoms with E-state index in [-0.39, 0.29) is 0 Å². The van der Waals surface area contributed by atoms with Crippen molar-refractivity contribution in [1.82, 2.24) is 0 Å². The molecule has 0 unspecified atom stereocenters. The van der Waals surface area contributed by atoms with Gasteiger partial charge in [-0.15, -0.1) is 0 Å². The van der Waals surface area contributed by atoms with Crippen molar-refractivity contribution in [3.63, 3.8) is 0 Å². The van der Waals surface area contributed by atoms with Crippen molar-refractivity contribution >= 4 is 11.6 Å². The summed E-state index contributed by atoms with van der Waals surface area (Å²) in [5, 5.41) is 0.743. The van der Waals surface area contributed by atoms with Gasteiger partial charge in [-0.2, -0.15) is 0 Å². The van der Waals surface area contributed by atoms with Crippen LogP contribution in [0.25, 0.3) is 0 Å². The molecule has 2 rings (SSSR count). The number of aryl methyl sites for hydroxylation is 1. The molecule has 2 aromatic rings. The van der Waals surface area contributed by atoms with Crippen molar-refractivity contribution in [2.45, 2.75) is 26.2 Å². The molecule has 0 nitrogen and oxygen atoms in total. The van der Waals surface area contributed by atoms with Gasteiger partial charge in [-0.25, -0.2) is 0 Å². The normalized spacial score (nSPS) is 9.79. The van der Waals surface area contributed by atoms with Gasteiger partial charge in [-0.05, 0) is 54.8 Å². The van der Waals surface area contributed by atoms with Crippen LogP contribution in [0.3, 0.4) is 0 Å². The maximum atomic E-state index is 5.85. The van der Waals surface area contributed by atoms with E-state index in [1.165, 1.54) is 18.4 Å². The molecule has 0 saturated heterocycles. The van der Waals surface area contributed by atoms with Crippen LogP contribution in [0.15, 0.2) is 48.5 Å². The van der Waals surface area contributed by atoms with Gasteiger partial charge in [0.2, 0.25) is 0 Å². The highest BCUT2D eigenvalue weighted by Gasteiger charge is 1.94. The van der Waals surface area contributed by atoms with E-state index in [1.807, 2.05) is 24.3 Å². The number of unbranched alkanes of at least 4 members (excludes halogenated alkanes) is 1. The minimum atomic E-state index is 0.743. The van der Waals surface area contributed by atoms with Crippen LogP contribution in [0, 0.1) is 11.8 Å². The molecule has 1 heteroatoms. The minimum Gasteiger partial charge on any atom is -0.0843 e. The zero-order valence-corrected chi connectivity index (χ0v) is 11.9. The Kier molecular flexibility index (Phi) is 5.07. The average molecular weight is 269 g/mol. The molecule has 0 aliphatic carbocycles. The van der Waals surface area contributed by atoms with Crippen LogP contribution in [0.2, 0.25) is 5.02 Å². The Labute approximate surface area is 120 Å². The zero-order chi connectivity index (χ0) is 13.5. The van der Waals surface area contributed by atoms with Crippen LogP contribution in [0.5, 0.6) is 0 Å². The first kappa shape index (κ1) is 13.7. The first-order chi connectivity index (χ1) is 9.28. The predicted octanol–water partition coefficient (Wildman–Crippen LogP) is 5.08. The highest BCUT2D eigenvalue weighted by atomic mass is 35.5. The lowest BCUT2D eigenvalue weighted by Gasteiger charge is -1.99. The molecule has 0 spiro atoms. The first-order valence-electron chi connectivity index (χ1n) is 6.64. The van der Waals surface area contributed by atoms with Crippen LogP contribution in [-0.4, -0.2) is 0 Å². The van der Waals surface area contributed by atoms with Crippen molar-refractivity contribution in [2.24, 2.45) is 0 Å². The summed E-state index contributed by atoms with van der Waals surface area (Å²) in [6.45, 7) is 2.21. The summed E-state index contributed by atoms with van der Waals surface area (Å²) in [4.78, 5) is 0.